The van der Waals surface area contributed by atoms with Gasteiger partial charge in [-0.15, -0.1) is 0 Å². The molecule has 10 heteroatoms. The van der Waals surface area contributed by atoms with Gasteiger partial charge in [0.2, 0.25) is 0 Å². The largest absolute Gasteiger partial charge is 0.384 e. The van der Waals surface area contributed by atoms with E-state index in [-0.39, 0.29) is 0 Å². The van der Waals surface area contributed by atoms with Crippen LogP contribution in [0.15, 0.2) is 33.5 Å². The molecule has 0 aromatic carbocycles. The molecule has 0 aliphatic heterocycles. The van der Waals surface area contributed by atoms with E-state index in [1.54, 1.807) is 21.4 Å². The average Bonchev–Trinajstić information content (AvgIpc) is 3.44. The van der Waals surface area contributed by atoms with Crippen molar-refractivity contribution >= 4 is 60.6 Å². The molecule has 0 unspecified atom stereocenters. The van der Waals surface area contributed by atoms with E-state index in [2.05, 4.69) is 47.0 Å². The highest BCUT2D eigenvalue weighted by molar-refractivity contribution is 9.11. The third-order valence-electron chi connectivity index (χ3n) is 6.93. The molecule has 0 saturated heterocycles. The highest BCUT2D eigenvalue weighted by atomic mass is 79.9. The molecule has 0 spiro atoms. The summed E-state index contributed by atoms with van der Waals surface area (Å²) in [6.07, 6.45) is 16.3. The van der Waals surface area contributed by atoms with E-state index in [0.717, 1.165) is 31.6 Å². The lowest BCUT2D eigenvalue weighted by Crippen LogP contribution is -2.09. The van der Waals surface area contributed by atoms with Crippen molar-refractivity contribution in [2.45, 2.75) is 76.0 Å². The fraction of sp³-hybridized carbons (Fsp3) is 0.500. The monoisotopic (exact) mass is 607 g/mol. The van der Waals surface area contributed by atoms with Crippen LogP contribution in [0.3, 0.4) is 0 Å². The molecule has 4 heterocycles. The van der Waals surface area contributed by atoms with Crippen molar-refractivity contribution < 1.29 is 0 Å². The minimum absolute atomic E-state index is 0.563. The molecule has 4 aromatic heterocycles. The highest BCUT2D eigenvalue weighted by Crippen LogP contribution is 2.34. The van der Waals surface area contributed by atoms with Gasteiger partial charge in [-0.05, 0) is 63.6 Å². The number of nitrogens with two attached hydrogens (primary N) is 1. The van der Waals surface area contributed by atoms with Crippen LogP contribution in [0, 0.1) is 0 Å². The summed E-state index contributed by atoms with van der Waals surface area (Å²) in [6, 6.07) is 3.94. The van der Waals surface area contributed by atoms with Gasteiger partial charge in [-0.1, -0.05) is 50.1 Å². The van der Waals surface area contributed by atoms with E-state index >= 15 is 0 Å². The maximum Gasteiger partial charge on any atom is 0.171 e. The molecule has 7 nitrogen and oxygen atoms in total. The Morgan fingerprint density at radius 1 is 0.735 bits per heavy atom. The van der Waals surface area contributed by atoms with Gasteiger partial charge in [0, 0.05) is 29.3 Å². The topological polar surface area (TPSA) is 86.4 Å². The average molecular weight is 610 g/mol. The van der Waals surface area contributed by atoms with Crippen LogP contribution in [0.1, 0.15) is 87.4 Å². The van der Waals surface area contributed by atoms with Crippen molar-refractivity contribution in [1.82, 2.24) is 29.2 Å². The second-order valence-corrected chi connectivity index (χ2v) is 11.3. The van der Waals surface area contributed by atoms with Crippen molar-refractivity contribution in [1.29, 1.82) is 0 Å². The van der Waals surface area contributed by atoms with E-state index in [9.17, 15) is 0 Å². The second kappa shape index (κ2) is 10.5. The Morgan fingerprint density at radius 3 is 1.76 bits per heavy atom. The lowest BCUT2D eigenvalue weighted by molar-refractivity contribution is 0.436. The number of nitrogen functional groups attached to an aromatic ring is 1. The molecule has 2 aliphatic carbocycles. The van der Waals surface area contributed by atoms with Gasteiger partial charge in [-0.2, -0.15) is 14.7 Å². The highest BCUT2D eigenvalue weighted by Gasteiger charge is 2.20. The van der Waals surface area contributed by atoms with E-state index in [0.29, 0.717) is 22.8 Å². The van der Waals surface area contributed by atoms with Crippen LogP contribution >= 0.6 is 43.5 Å². The van der Waals surface area contributed by atoms with Crippen LogP contribution in [0.5, 0.6) is 0 Å². The van der Waals surface area contributed by atoms with Crippen LogP contribution in [0.4, 0.5) is 5.82 Å². The lowest BCUT2D eigenvalue weighted by Gasteiger charge is -2.21. The molecule has 34 heavy (non-hydrogen) atoms. The number of fused-ring (bicyclic) bond motifs is 2. The SMILES string of the molecule is Clc1cc(C2CCCCC2)nc2c(Br)cnn12.Nc1cc(C2CCCCC2)nc2c(Br)cnn12. The number of aromatic nitrogens is 6. The summed E-state index contributed by atoms with van der Waals surface area (Å²) in [7, 11) is 0. The molecular weight excluding hydrogens is 582 g/mol. The fourth-order valence-electron chi connectivity index (χ4n) is 5.11. The molecule has 4 aromatic rings. The zero-order valence-corrected chi connectivity index (χ0v) is 22.9. The maximum absolute atomic E-state index is 6.23. The first-order valence-electron chi connectivity index (χ1n) is 12.0. The molecule has 0 atom stereocenters. The lowest BCUT2D eigenvalue weighted by atomic mass is 9.87. The number of nitrogens with zero attached hydrogens (tertiary/aromatic N) is 6. The molecule has 2 aliphatic rings. The van der Waals surface area contributed by atoms with Crippen molar-refractivity contribution in [2.75, 3.05) is 5.73 Å². The summed E-state index contributed by atoms with van der Waals surface area (Å²) in [5.74, 6) is 1.80. The van der Waals surface area contributed by atoms with E-state index in [1.807, 2.05) is 12.1 Å². The maximum atomic E-state index is 6.23. The summed E-state index contributed by atoms with van der Waals surface area (Å²) in [5, 5.41) is 9.01. The number of anilines is 1. The Morgan fingerprint density at radius 2 is 1.21 bits per heavy atom. The first-order chi connectivity index (χ1) is 16.5. The second-order valence-electron chi connectivity index (χ2n) is 9.24. The van der Waals surface area contributed by atoms with Gasteiger partial charge in [-0.25, -0.2) is 14.5 Å². The van der Waals surface area contributed by atoms with Crippen LogP contribution < -0.4 is 5.73 Å². The Balaban J connectivity index is 0.000000142. The van der Waals surface area contributed by atoms with Crippen molar-refractivity contribution in [3.8, 4) is 0 Å². The van der Waals surface area contributed by atoms with Crippen LogP contribution in [0.2, 0.25) is 5.15 Å². The Bertz CT molecular complexity index is 1190. The van der Waals surface area contributed by atoms with Crippen molar-refractivity contribution in [3.05, 3.63) is 50.0 Å². The smallest absolute Gasteiger partial charge is 0.171 e. The summed E-state index contributed by atoms with van der Waals surface area (Å²) in [6.45, 7) is 0. The van der Waals surface area contributed by atoms with Gasteiger partial charge >= 0.3 is 0 Å². The van der Waals surface area contributed by atoms with Gasteiger partial charge in [0.15, 0.2) is 11.3 Å². The fourth-order valence-corrected chi connectivity index (χ4v) is 6.04. The van der Waals surface area contributed by atoms with Crippen LogP contribution in [0.25, 0.3) is 11.3 Å². The van der Waals surface area contributed by atoms with Crippen LogP contribution in [-0.2, 0) is 0 Å². The predicted molar refractivity (Wildman–Crippen MR) is 142 cm³/mol. The molecule has 180 valence electrons. The first kappa shape index (κ1) is 24.0. The van der Waals surface area contributed by atoms with Crippen molar-refractivity contribution in [2.24, 2.45) is 0 Å². The Labute approximate surface area is 220 Å². The van der Waals surface area contributed by atoms with Gasteiger partial charge in [0.25, 0.3) is 0 Å². The zero-order chi connectivity index (χ0) is 23.7. The molecule has 2 N–H and O–H groups in total. The van der Waals surface area contributed by atoms with Gasteiger partial charge in [0.1, 0.15) is 11.0 Å². The van der Waals surface area contributed by atoms with E-state index in [1.165, 1.54) is 64.2 Å². The number of hydrogen-bond donors (Lipinski definition) is 1. The quantitative estimate of drug-likeness (QED) is 0.241. The first-order valence-corrected chi connectivity index (χ1v) is 14.0. The third kappa shape index (κ3) is 4.97. The molecule has 0 radical (unpaired) electrons. The number of hydrogen-bond acceptors (Lipinski definition) is 5. The molecular formula is C24H28Br2ClN7. The minimum Gasteiger partial charge on any atom is -0.384 e. The van der Waals surface area contributed by atoms with Crippen LogP contribution in [-0.4, -0.2) is 29.2 Å². The molecule has 6 rings (SSSR count). The molecule has 2 saturated carbocycles. The third-order valence-corrected chi connectivity index (χ3v) is 8.32. The minimum atomic E-state index is 0.563. The normalized spacial score (nSPS) is 17.7. The molecule has 0 amide bonds. The number of halogens is 3. The summed E-state index contributed by atoms with van der Waals surface area (Å²) in [5.41, 5.74) is 9.89. The molecule has 2 fully saturated rings. The van der Waals surface area contributed by atoms with Gasteiger partial charge in [0.05, 0.1) is 21.3 Å². The Kier molecular flexibility index (Phi) is 7.41. The van der Waals surface area contributed by atoms with Gasteiger partial charge < -0.3 is 5.73 Å². The van der Waals surface area contributed by atoms with Gasteiger partial charge in [-0.3, -0.25) is 0 Å². The van der Waals surface area contributed by atoms with E-state index < -0.39 is 0 Å². The summed E-state index contributed by atoms with van der Waals surface area (Å²) >= 11 is 13.1. The molecule has 0 bridgehead atoms. The number of rotatable bonds is 2. The summed E-state index contributed by atoms with van der Waals surface area (Å²) < 4.78 is 5.15. The Hall–Kier alpha value is -1.71. The van der Waals surface area contributed by atoms with E-state index in [4.69, 9.17) is 22.3 Å². The van der Waals surface area contributed by atoms with Crippen molar-refractivity contribution in [3.63, 3.8) is 0 Å². The zero-order valence-electron chi connectivity index (χ0n) is 18.9. The summed E-state index contributed by atoms with van der Waals surface area (Å²) in [4.78, 5) is 9.38. The standard InChI is InChI=1S/C12H13BrClN3.C12H15BrN4/c2*13-9-7-15-17-11(14)6-10(16-12(9)17)8-4-2-1-3-5-8/h6-8H,1-5H2;6-8H,1-5,14H2. The predicted octanol–water partition coefficient (Wildman–Crippen LogP) is 7.31.